The van der Waals surface area contributed by atoms with Crippen LogP contribution >= 0.6 is 15.9 Å². The second kappa shape index (κ2) is 6.54. The molecule has 1 amide bonds. The van der Waals surface area contributed by atoms with E-state index in [2.05, 4.69) is 45.1 Å². The summed E-state index contributed by atoms with van der Waals surface area (Å²) in [6, 6.07) is 1.77. The summed E-state index contributed by atoms with van der Waals surface area (Å²) in [5, 5.41) is 2.86. The maximum atomic E-state index is 11.6. The average molecular weight is 301 g/mol. The molecule has 0 spiro atoms. The minimum absolute atomic E-state index is 0.00376. The van der Waals surface area contributed by atoms with Crippen LogP contribution in [0.4, 0.5) is 5.82 Å². The number of rotatable bonds is 5. The second-order valence-electron chi connectivity index (χ2n) is 4.25. The zero-order valence-electron chi connectivity index (χ0n) is 10.3. The van der Waals surface area contributed by atoms with Gasteiger partial charge < -0.3 is 10.2 Å². The molecule has 0 aliphatic rings. The van der Waals surface area contributed by atoms with Crippen molar-refractivity contribution < 1.29 is 4.79 Å². The molecule has 0 fully saturated rings. The lowest BCUT2D eigenvalue weighted by molar-refractivity contribution is -0.119. The van der Waals surface area contributed by atoms with Gasteiger partial charge in [0.05, 0.1) is 6.54 Å². The summed E-state index contributed by atoms with van der Waals surface area (Å²) in [6.45, 7) is 5.10. The Bertz CT molecular complexity index is 383. The van der Waals surface area contributed by atoms with Crippen molar-refractivity contribution in [1.82, 2.24) is 15.3 Å². The van der Waals surface area contributed by atoms with Gasteiger partial charge >= 0.3 is 0 Å². The van der Waals surface area contributed by atoms with Crippen LogP contribution in [0.25, 0.3) is 0 Å². The van der Waals surface area contributed by atoms with Crippen LogP contribution in [0, 0.1) is 5.92 Å². The van der Waals surface area contributed by atoms with Crippen molar-refractivity contribution in [2.45, 2.75) is 13.8 Å². The Morgan fingerprint density at radius 3 is 2.82 bits per heavy atom. The van der Waals surface area contributed by atoms with Crippen LogP contribution in [0.1, 0.15) is 13.8 Å². The normalized spacial score (nSPS) is 10.4. The van der Waals surface area contributed by atoms with Gasteiger partial charge in [-0.15, -0.1) is 0 Å². The molecule has 1 aromatic rings. The van der Waals surface area contributed by atoms with Crippen molar-refractivity contribution in [3.05, 3.63) is 17.0 Å². The summed E-state index contributed by atoms with van der Waals surface area (Å²) >= 11 is 3.27. The van der Waals surface area contributed by atoms with E-state index >= 15 is 0 Å². The SMILES string of the molecule is CC(C)CNC(=O)CN(C)c1cc(Br)ncn1. The fraction of sp³-hybridized carbons (Fsp3) is 0.545. The summed E-state index contributed by atoms with van der Waals surface area (Å²) < 4.78 is 0.705. The number of amides is 1. The molecular weight excluding hydrogens is 284 g/mol. The van der Waals surface area contributed by atoms with E-state index in [1.807, 2.05) is 7.05 Å². The molecule has 1 aromatic heterocycles. The van der Waals surface area contributed by atoms with Gasteiger partial charge in [0, 0.05) is 19.7 Å². The third kappa shape index (κ3) is 5.12. The van der Waals surface area contributed by atoms with Crippen LogP contribution in [-0.2, 0) is 4.79 Å². The van der Waals surface area contributed by atoms with Crippen LogP contribution in [0.2, 0.25) is 0 Å². The summed E-state index contributed by atoms with van der Waals surface area (Å²) in [7, 11) is 1.82. The Morgan fingerprint density at radius 1 is 1.53 bits per heavy atom. The first-order chi connectivity index (χ1) is 7.99. The van der Waals surface area contributed by atoms with E-state index in [-0.39, 0.29) is 12.5 Å². The number of carbonyl (C=O) groups is 1. The van der Waals surface area contributed by atoms with Crippen molar-refractivity contribution in [1.29, 1.82) is 0 Å². The molecule has 1 N–H and O–H groups in total. The molecular formula is C11H17BrN4O. The van der Waals surface area contributed by atoms with Gasteiger partial charge in [0.2, 0.25) is 5.91 Å². The maximum Gasteiger partial charge on any atom is 0.239 e. The van der Waals surface area contributed by atoms with Crippen LogP contribution < -0.4 is 10.2 Å². The second-order valence-corrected chi connectivity index (χ2v) is 5.07. The highest BCUT2D eigenvalue weighted by molar-refractivity contribution is 9.10. The minimum Gasteiger partial charge on any atom is -0.354 e. The van der Waals surface area contributed by atoms with Gasteiger partial charge in [-0.1, -0.05) is 13.8 Å². The Labute approximate surface area is 110 Å². The Hall–Kier alpha value is -1.17. The molecule has 0 aliphatic heterocycles. The third-order valence-electron chi connectivity index (χ3n) is 2.10. The maximum absolute atomic E-state index is 11.6. The first-order valence-corrected chi connectivity index (χ1v) is 6.23. The molecule has 0 aromatic carbocycles. The van der Waals surface area contributed by atoms with Gasteiger partial charge in [-0.25, -0.2) is 9.97 Å². The van der Waals surface area contributed by atoms with Crippen LogP contribution in [0.5, 0.6) is 0 Å². The van der Waals surface area contributed by atoms with Crippen molar-refractivity contribution in [3.63, 3.8) is 0 Å². The van der Waals surface area contributed by atoms with E-state index in [0.29, 0.717) is 22.9 Å². The standard InChI is InChI=1S/C11H17BrN4O/c1-8(2)5-13-11(17)6-16(3)10-4-9(12)14-7-15-10/h4,7-8H,5-6H2,1-3H3,(H,13,17). The summed E-state index contributed by atoms with van der Waals surface area (Å²) in [4.78, 5) is 21.4. The lowest BCUT2D eigenvalue weighted by Gasteiger charge is -2.17. The van der Waals surface area contributed by atoms with Crippen molar-refractivity contribution in [2.75, 3.05) is 25.0 Å². The van der Waals surface area contributed by atoms with E-state index in [1.54, 1.807) is 11.0 Å². The number of nitrogens with one attached hydrogen (secondary N) is 1. The van der Waals surface area contributed by atoms with Crippen LogP contribution in [0.3, 0.4) is 0 Å². The molecule has 0 radical (unpaired) electrons. The molecule has 0 atom stereocenters. The fourth-order valence-electron chi connectivity index (χ4n) is 1.20. The number of halogens is 1. The Morgan fingerprint density at radius 2 is 2.24 bits per heavy atom. The van der Waals surface area contributed by atoms with Crippen molar-refractivity contribution >= 4 is 27.7 Å². The quantitative estimate of drug-likeness (QED) is 0.836. The number of anilines is 1. The van der Waals surface area contributed by atoms with Gasteiger partial charge in [-0.2, -0.15) is 0 Å². The van der Waals surface area contributed by atoms with Gasteiger partial charge in [0.1, 0.15) is 16.7 Å². The predicted molar refractivity (Wildman–Crippen MR) is 70.8 cm³/mol. The summed E-state index contributed by atoms with van der Waals surface area (Å²) in [5.41, 5.74) is 0. The lowest BCUT2D eigenvalue weighted by atomic mass is 10.2. The molecule has 17 heavy (non-hydrogen) atoms. The van der Waals surface area contributed by atoms with Crippen molar-refractivity contribution in [2.24, 2.45) is 5.92 Å². The smallest absolute Gasteiger partial charge is 0.239 e. The lowest BCUT2D eigenvalue weighted by Crippen LogP contribution is -2.37. The molecule has 0 saturated carbocycles. The van der Waals surface area contributed by atoms with E-state index < -0.39 is 0 Å². The van der Waals surface area contributed by atoms with Gasteiger partial charge in [0.15, 0.2) is 0 Å². The number of nitrogens with zero attached hydrogens (tertiary/aromatic N) is 3. The van der Waals surface area contributed by atoms with E-state index in [1.165, 1.54) is 6.33 Å². The number of aromatic nitrogens is 2. The fourth-order valence-corrected chi connectivity index (χ4v) is 1.50. The molecule has 0 bridgehead atoms. The van der Waals surface area contributed by atoms with E-state index in [9.17, 15) is 4.79 Å². The topological polar surface area (TPSA) is 58.1 Å². The first-order valence-electron chi connectivity index (χ1n) is 5.44. The Balaban J connectivity index is 2.48. The van der Waals surface area contributed by atoms with Gasteiger partial charge in [-0.05, 0) is 21.8 Å². The highest BCUT2D eigenvalue weighted by atomic mass is 79.9. The number of carbonyl (C=O) groups excluding carboxylic acids is 1. The summed E-state index contributed by atoms with van der Waals surface area (Å²) in [6.07, 6.45) is 1.46. The zero-order chi connectivity index (χ0) is 12.8. The largest absolute Gasteiger partial charge is 0.354 e. The van der Waals surface area contributed by atoms with Crippen molar-refractivity contribution in [3.8, 4) is 0 Å². The Kier molecular flexibility index (Phi) is 5.34. The third-order valence-corrected chi connectivity index (χ3v) is 2.53. The average Bonchev–Trinajstić information content (AvgIpc) is 2.26. The molecule has 94 valence electrons. The first kappa shape index (κ1) is 13.9. The molecule has 6 heteroatoms. The number of hydrogen-bond donors (Lipinski definition) is 1. The molecule has 0 saturated heterocycles. The molecule has 0 unspecified atom stereocenters. The van der Waals surface area contributed by atoms with Crippen LogP contribution in [0.15, 0.2) is 17.0 Å². The molecule has 5 nitrogen and oxygen atoms in total. The molecule has 1 heterocycles. The van der Waals surface area contributed by atoms with Crippen LogP contribution in [-0.4, -0.2) is 36.0 Å². The predicted octanol–water partition coefficient (Wildman–Crippen LogP) is 1.45. The summed E-state index contributed by atoms with van der Waals surface area (Å²) in [5.74, 6) is 1.17. The highest BCUT2D eigenvalue weighted by Crippen LogP contribution is 2.12. The van der Waals surface area contributed by atoms with E-state index in [4.69, 9.17) is 0 Å². The highest BCUT2D eigenvalue weighted by Gasteiger charge is 2.09. The van der Waals surface area contributed by atoms with E-state index in [0.717, 1.165) is 0 Å². The van der Waals surface area contributed by atoms with Gasteiger partial charge in [-0.3, -0.25) is 4.79 Å². The molecule has 1 rings (SSSR count). The monoisotopic (exact) mass is 300 g/mol. The van der Waals surface area contributed by atoms with Gasteiger partial charge in [0.25, 0.3) is 0 Å². The minimum atomic E-state index is -0.00376. The number of likely N-dealkylation sites (N-methyl/N-ethyl adjacent to an activating group) is 1. The molecule has 0 aliphatic carbocycles. The zero-order valence-corrected chi connectivity index (χ0v) is 11.9. The number of hydrogen-bond acceptors (Lipinski definition) is 4.